The Kier molecular flexibility index (Phi) is 3.46. The Bertz CT molecular complexity index is 679. The van der Waals surface area contributed by atoms with Gasteiger partial charge in [-0.05, 0) is 67.4 Å². The number of rotatable bonds is 3. The van der Waals surface area contributed by atoms with E-state index in [0.29, 0.717) is 6.54 Å². The minimum Gasteiger partial charge on any atom is -0.487 e. The summed E-state index contributed by atoms with van der Waals surface area (Å²) in [6.07, 6.45) is 0.882. The molecule has 2 aromatic rings. The van der Waals surface area contributed by atoms with Gasteiger partial charge in [0.15, 0.2) is 0 Å². The Balaban J connectivity index is 2.04. The quantitative estimate of drug-likeness (QED) is 0.922. The second-order valence-electron chi connectivity index (χ2n) is 6.19. The number of nitrogens with one attached hydrogen (secondary N) is 1. The lowest BCUT2D eigenvalue weighted by Gasteiger charge is -2.16. The standard InChI is InChI=1S/C18H20FNO/c1-18(2)10-14-8-12(5-7-17(14)21-18)16-9-15(19)6-4-13(16)11-20-3/h4-9,20H,10-11H2,1-3H3. The first-order valence-corrected chi connectivity index (χ1v) is 7.24. The summed E-state index contributed by atoms with van der Waals surface area (Å²) in [5, 5.41) is 3.13. The summed E-state index contributed by atoms with van der Waals surface area (Å²) >= 11 is 0. The van der Waals surface area contributed by atoms with Crippen molar-refractivity contribution in [3.05, 3.63) is 53.3 Å². The summed E-state index contributed by atoms with van der Waals surface area (Å²) in [7, 11) is 1.90. The molecule has 0 spiro atoms. The van der Waals surface area contributed by atoms with Crippen molar-refractivity contribution in [2.75, 3.05) is 7.05 Å². The van der Waals surface area contributed by atoms with Crippen molar-refractivity contribution in [2.45, 2.75) is 32.4 Å². The van der Waals surface area contributed by atoms with Gasteiger partial charge in [0.25, 0.3) is 0 Å². The van der Waals surface area contributed by atoms with Crippen molar-refractivity contribution in [2.24, 2.45) is 0 Å². The summed E-state index contributed by atoms with van der Waals surface area (Å²) in [6, 6.07) is 11.1. The zero-order chi connectivity index (χ0) is 15.0. The highest BCUT2D eigenvalue weighted by atomic mass is 19.1. The average Bonchev–Trinajstić information content (AvgIpc) is 2.73. The highest BCUT2D eigenvalue weighted by Crippen LogP contribution is 2.38. The molecule has 0 amide bonds. The summed E-state index contributed by atoms with van der Waals surface area (Å²) in [5.74, 6) is 0.734. The van der Waals surface area contributed by atoms with Gasteiger partial charge in [-0.25, -0.2) is 4.39 Å². The van der Waals surface area contributed by atoms with Crippen LogP contribution in [-0.2, 0) is 13.0 Å². The molecule has 0 aliphatic carbocycles. The Morgan fingerprint density at radius 3 is 2.76 bits per heavy atom. The van der Waals surface area contributed by atoms with Gasteiger partial charge in [-0.1, -0.05) is 12.1 Å². The third-order valence-corrected chi connectivity index (χ3v) is 3.81. The molecular formula is C18H20FNO. The van der Waals surface area contributed by atoms with Gasteiger partial charge in [0.1, 0.15) is 17.2 Å². The molecule has 1 aliphatic rings. The first-order valence-electron chi connectivity index (χ1n) is 7.24. The van der Waals surface area contributed by atoms with Crippen LogP contribution in [0.1, 0.15) is 25.0 Å². The molecule has 0 unspecified atom stereocenters. The molecule has 21 heavy (non-hydrogen) atoms. The van der Waals surface area contributed by atoms with Gasteiger partial charge in [-0.3, -0.25) is 0 Å². The smallest absolute Gasteiger partial charge is 0.123 e. The molecule has 1 N–H and O–H groups in total. The van der Waals surface area contributed by atoms with Crippen LogP contribution in [0.4, 0.5) is 4.39 Å². The topological polar surface area (TPSA) is 21.3 Å². The lowest BCUT2D eigenvalue weighted by Crippen LogP contribution is -2.24. The second kappa shape index (κ2) is 5.15. The fourth-order valence-electron chi connectivity index (χ4n) is 2.94. The fraction of sp³-hybridized carbons (Fsp3) is 0.333. The highest BCUT2D eigenvalue weighted by molar-refractivity contribution is 5.69. The lowest BCUT2D eigenvalue weighted by molar-refractivity contribution is 0.138. The van der Waals surface area contributed by atoms with E-state index < -0.39 is 0 Å². The van der Waals surface area contributed by atoms with Crippen LogP contribution in [0.5, 0.6) is 5.75 Å². The fourth-order valence-corrected chi connectivity index (χ4v) is 2.94. The van der Waals surface area contributed by atoms with E-state index in [1.807, 2.05) is 25.2 Å². The Labute approximate surface area is 125 Å². The normalized spacial score (nSPS) is 15.6. The Hall–Kier alpha value is -1.87. The van der Waals surface area contributed by atoms with Gasteiger partial charge >= 0.3 is 0 Å². The van der Waals surface area contributed by atoms with Crippen molar-refractivity contribution in [3.8, 4) is 16.9 Å². The summed E-state index contributed by atoms with van der Waals surface area (Å²) in [4.78, 5) is 0. The van der Waals surface area contributed by atoms with E-state index in [1.54, 1.807) is 6.07 Å². The Morgan fingerprint density at radius 1 is 1.19 bits per heavy atom. The molecule has 2 aromatic carbocycles. The number of fused-ring (bicyclic) bond motifs is 1. The van der Waals surface area contributed by atoms with Crippen LogP contribution in [0.15, 0.2) is 36.4 Å². The molecular weight excluding hydrogens is 265 g/mol. The van der Waals surface area contributed by atoms with E-state index in [9.17, 15) is 4.39 Å². The molecule has 0 atom stereocenters. The van der Waals surface area contributed by atoms with Crippen LogP contribution < -0.4 is 10.1 Å². The van der Waals surface area contributed by atoms with Crippen LogP contribution in [0.25, 0.3) is 11.1 Å². The SMILES string of the molecule is CNCc1ccc(F)cc1-c1ccc2c(c1)CC(C)(C)O2. The van der Waals surface area contributed by atoms with Crippen LogP contribution in [0, 0.1) is 5.82 Å². The van der Waals surface area contributed by atoms with Crippen molar-refractivity contribution in [1.29, 1.82) is 0 Å². The number of hydrogen-bond acceptors (Lipinski definition) is 2. The minimum absolute atomic E-state index is 0.156. The van der Waals surface area contributed by atoms with Crippen LogP contribution in [0.2, 0.25) is 0 Å². The largest absolute Gasteiger partial charge is 0.487 e. The van der Waals surface area contributed by atoms with Gasteiger partial charge in [0.05, 0.1) is 0 Å². The van der Waals surface area contributed by atoms with Crippen LogP contribution in [-0.4, -0.2) is 12.6 Å². The molecule has 0 bridgehead atoms. The zero-order valence-electron chi connectivity index (χ0n) is 12.7. The maximum atomic E-state index is 13.6. The monoisotopic (exact) mass is 285 g/mol. The van der Waals surface area contributed by atoms with Gasteiger partial charge in [-0.2, -0.15) is 0 Å². The third-order valence-electron chi connectivity index (χ3n) is 3.81. The van der Waals surface area contributed by atoms with Crippen molar-refractivity contribution in [1.82, 2.24) is 5.32 Å². The molecule has 2 nitrogen and oxygen atoms in total. The van der Waals surface area contributed by atoms with Crippen molar-refractivity contribution < 1.29 is 9.13 Å². The van der Waals surface area contributed by atoms with E-state index in [0.717, 1.165) is 28.9 Å². The zero-order valence-corrected chi connectivity index (χ0v) is 12.7. The second-order valence-corrected chi connectivity index (χ2v) is 6.19. The maximum absolute atomic E-state index is 13.6. The summed E-state index contributed by atoms with van der Waals surface area (Å²) in [6.45, 7) is 4.89. The number of benzene rings is 2. The summed E-state index contributed by atoms with van der Waals surface area (Å²) < 4.78 is 19.5. The first kappa shape index (κ1) is 14.1. The Morgan fingerprint density at radius 2 is 2.00 bits per heavy atom. The molecule has 110 valence electrons. The maximum Gasteiger partial charge on any atom is 0.123 e. The molecule has 1 aliphatic heterocycles. The van der Waals surface area contributed by atoms with E-state index in [-0.39, 0.29) is 11.4 Å². The number of ether oxygens (including phenoxy) is 1. The molecule has 1 heterocycles. The van der Waals surface area contributed by atoms with Gasteiger partial charge in [0, 0.05) is 13.0 Å². The van der Waals surface area contributed by atoms with E-state index in [1.165, 1.54) is 11.6 Å². The lowest BCUT2D eigenvalue weighted by atomic mass is 9.95. The van der Waals surface area contributed by atoms with E-state index in [2.05, 4.69) is 25.2 Å². The molecule has 0 aromatic heterocycles. The predicted molar refractivity (Wildman–Crippen MR) is 83.0 cm³/mol. The minimum atomic E-state index is -0.207. The first-order chi connectivity index (χ1) is 9.98. The molecule has 3 heteroatoms. The number of hydrogen-bond donors (Lipinski definition) is 1. The van der Waals surface area contributed by atoms with Crippen molar-refractivity contribution >= 4 is 0 Å². The molecule has 0 saturated carbocycles. The highest BCUT2D eigenvalue weighted by Gasteiger charge is 2.30. The predicted octanol–water partition coefficient (Wildman–Crippen LogP) is 3.93. The van der Waals surface area contributed by atoms with Crippen LogP contribution >= 0.6 is 0 Å². The van der Waals surface area contributed by atoms with Gasteiger partial charge in [-0.15, -0.1) is 0 Å². The summed E-state index contributed by atoms with van der Waals surface area (Å²) in [5.41, 5.74) is 4.11. The van der Waals surface area contributed by atoms with Gasteiger partial charge < -0.3 is 10.1 Å². The average molecular weight is 285 g/mol. The molecule has 0 radical (unpaired) electrons. The van der Waals surface area contributed by atoms with Crippen LogP contribution in [0.3, 0.4) is 0 Å². The number of halogens is 1. The van der Waals surface area contributed by atoms with Gasteiger partial charge in [0.2, 0.25) is 0 Å². The van der Waals surface area contributed by atoms with E-state index >= 15 is 0 Å². The molecule has 3 rings (SSSR count). The third kappa shape index (κ3) is 2.79. The van der Waals surface area contributed by atoms with E-state index in [4.69, 9.17) is 4.74 Å². The van der Waals surface area contributed by atoms with Crippen molar-refractivity contribution in [3.63, 3.8) is 0 Å². The molecule has 0 saturated heterocycles. The molecule has 0 fully saturated rings.